The fraction of sp³-hybridized carbons (Fsp3) is 0.375. The predicted octanol–water partition coefficient (Wildman–Crippen LogP) is 1.66. The first-order valence-electron chi connectivity index (χ1n) is 7.13. The molecule has 1 unspecified atom stereocenters. The summed E-state index contributed by atoms with van der Waals surface area (Å²) in [5.41, 5.74) is 8.21. The summed E-state index contributed by atoms with van der Waals surface area (Å²) >= 11 is 0. The third kappa shape index (κ3) is 2.30. The van der Waals surface area contributed by atoms with E-state index in [2.05, 4.69) is 16.0 Å². The van der Waals surface area contributed by atoms with Crippen LogP contribution in [-0.4, -0.2) is 38.3 Å². The number of aromatic nitrogens is 1. The summed E-state index contributed by atoms with van der Waals surface area (Å²) in [7, 11) is 3.18. The van der Waals surface area contributed by atoms with Crippen molar-refractivity contribution in [2.45, 2.75) is 12.5 Å². The second-order valence-electron chi connectivity index (χ2n) is 5.35. The molecule has 6 heteroatoms. The standard InChI is InChI=1S/C16H18N4O2/c1-21-14-5-12-13(6-15(14)22-2)19-8-10(7-17)16(12)20-4-3-11(18)9-20/h5-6,8,11H,3-4,9,18H2,1-2H3. The molecule has 1 fully saturated rings. The Bertz CT molecular complexity index is 754. The van der Waals surface area contributed by atoms with Gasteiger partial charge in [0.05, 0.1) is 31.0 Å². The molecule has 0 saturated carbocycles. The Morgan fingerprint density at radius 1 is 1.32 bits per heavy atom. The zero-order valence-corrected chi connectivity index (χ0v) is 12.7. The number of nitriles is 1. The molecule has 1 aromatic heterocycles. The predicted molar refractivity (Wildman–Crippen MR) is 84.4 cm³/mol. The Balaban J connectivity index is 2.25. The highest BCUT2D eigenvalue weighted by Gasteiger charge is 2.24. The number of ether oxygens (including phenoxy) is 2. The molecule has 2 heterocycles. The smallest absolute Gasteiger partial charge is 0.162 e. The average molecular weight is 298 g/mol. The van der Waals surface area contributed by atoms with Gasteiger partial charge in [-0.25, -0.2) is 0 Å². The molecular formula is C16H18N4O2. The maximum Gasteiger partial charge on any atom is 0.162 e. The molecule has 22 heavy (non-hydrogen) atoms. The van der Waals surface area contributed by atoms with Crippen LogP contribution in [0.2, 0.25) is 0 Å². The van der Waals surface area contributed by atoms with E-state index in [1.165, 1.54) is 0 Å². The van der Waals surface area contributed by atoms with E-state index in [9.17, 15) is 5.26 Å². The number of hydrogen-bond donors (Lipinski definition) is 1. The largest absolute Gasteiger partial charge is 0.493 e. The van der Waals surface area contributed by atoms with E-state index >= 15 is 0 Å². The van der Waals surface area contributed by atoms with Crippen LogP contribution in [0.25, 0.3) is 10.9 Å². The number of methoxy groups -OCH3 is 2. The highest BCUT2D eigenvalue weighted by Crippen LogP contribution is 2.38. The van der Waals surface area contributed by atoms with Crippen LogP contribution in [0.15, 0.2) is 18.3 Å². The molecule has 1 aromatic carbocycles. The van der Waals surface area contributed by atoms with Gasteiger partial charge in [-0.15, -0.1) is 0 Å². The van der Waals surface area contributed by atoms with Crippen LogP contribution in [0.5, 0.6) is 11.5 Å². The first-order valence-corrected chi connectivity index (χ1v) is 7.13. The van der Waals surface area contributed by atoms with Crippen molar-refractivity contribution in [3.63, 3.8) is 0 Å². The molecule has 0 aliphatic carbocycles. The Kier molecular flexibility index (Phi) is 3.73. The minimum atomic E-state index is 0.134. The zero-order valence-electron chi connectivity index (χ0n) is 12.7. The lowest BCUT2D eigenvalue weighted by Crippen LogP contribution is -2.27. The van der Waals surface area contributed by atoms with Crippen molar-refractivity contribution in [1.82, 2.24) is 4.98 Å². The number of fused-ring (bicyclic) bond motifs is 1. The van der Waals surface area contributed by atoms with E-state index in [0.29, 0.717) is 17.1 Å². The summed E-state index contributed by atoms with van der Waals surface area (Å²) in [5, 5.41) is 10.3. The van der Waals surface area contributed by atoms with Gasteiger partial charge in [0.25, 0.3) is 0 Å². The van der Waals surface area contributed by atoms with Crippen molar-refractivity contribution in [3.8, 4) is 17.6 Å². The van der Waals surface area contributed by atoms with E-state index in [-0.39, 0.29) is 6.04 Å². The van der Waals surface area contributed by atoms with Crippen LogP contribution >= 0.6 is 0 Å². The molecule has 0 spiro atoms. The molecule has 1 aliphatic rings. The lowest BCUT2D eigenvalue weighted by molar-refractivity contribution is 0.356. The minimum Gasteiger partial charge on any atom is -0.493 e. The first kappa shape index (κ1) is 14.4. The summed E-state index contributed by atoms with van der Waals surface area (Å²) in [5.74, 6) is 1.24. The third-order valence-corrected chi connectivity index (χ3v) is 4.01. The van der Waals surface area contributed by atoms with Crippen LogP contribution < -0.4 is 20.1 Å². The van der Waals surface area contributed by atoms with Gasteiger partial charge in [-0.05, 0) is 12.5 Å². The van der Waals surface area contributed by atoms with Crippen molar-refractivity contribution in [3.05, 3.63) is 23.9 Å². The highest BCUT2D eigenvalue weighted by atomic mass is 16.5. The van der Waals surface area contributed by atoms with Gasteiger partial charge in [0.2, 0.25) is 0 Å². The number of hydrogen-bond acceptors (Lipinski definition) is 6. The maximum absolute atomic E-state index is 9.43. The molecule has 3 rings (SSSR count). The van der Waals surface area contributed by atoms with E-state index in [4.69, 9.17) is 15.2 Å². The number of rotatable bonds is 3. The summed E-state index contributed by atoms with van der Waals surface area (Å²) in [4.78, 5) is 6.52. The molecule has 2 aromatic rings. The van der Waals surface area contributed by atoms with Gasteiger partial charge in [0.1, 0.15) is 6.07 Å². The monoisotopic (exact) mass is 298 g/mol. The van der Waals surface area contributed by atoms with E-state index in [1.54, 1.807) is 20.4 Å². The second kappa shape index (κ2) is 5.70. The molecule has 0 bridgehead atoms. The normalized spacial score (nSPS) is 17.5. The molecular weight excluding hydrogens is 280 g/mol. The molecule has 0 amide bonds. The number of nitrogens with two attached hydrogens (primary N) is 1. The van der Waals surface area contributed by atoms with Crippen LogP contribution in [-0.2, 0) is 0 Å². The Hall–Kier alpha value is -2.52. The average Bonchev–Trinajstić information content (AvgIpc) is 2.98. The summed E-state index contributed by atoms with van der Waals surface area (Å²) < 4.78 is 10.7. The summed E-state index contributed by atoms with van der Waals surface area (Å²) in [6.45, 7) is 1.57. The fourth-order valence-corrected chi connectivity index (χ4v) is 2.92. The van der Waals surface area contributed by atoms with Crippen LogP contribution in [0.1, 0.15) is 12.0 Å². The Labute approximate surface area is 129 Å². The number of nitrogens with zero attached hydrogens (tertiary/aromatic N) is 3. The van der Waals surface area contributed by atoms with Gasteiger partial charge < -0.3 is 20.1 Å². The molecule has 1 atom stereocenters. The van der Waals surface area contributed by atoms with Gasteiger partial charge >= 0.3 is 0 Å². The van der Waals surface area contributed by atoms with Crippen molar-refractivity contribution in [1.29, 1.82) is 5.26 Å². The van der Waals surface area contributed by atoms with Crippen molar-refractivity contribution < 1.29 is 9.47 Å². The first-order chi connectivity index (χ1) is 10.7. The minimum absolute atomic E-state index is 0.134. The van der Waals surface area contributed by atoms with Gasteiger partial charge in [-0.2, -0.15) is 5.26 Å². The van der Waals surface area contributed by atoms with Crippen molar-refractivity contribution in [2.24, 2.45) is 5.73 Å². The molecule has 0 radical (unpaired) electrons. The zero-order chi connectivity index (χ0) is 15.7. The fourth-order valence-electron chi connectivity index (χ4n) is 2.92. The Morgan fingerprint density at radius 2 is 2.05 bits per heavy atom. The lowest BCUT2D eigenvalue weighted by atomic mass is 10.1. The topological polar surface area (TPSA) is 84.4 Å². The SMILES string of the molecule is COc1cc2ncc(C#N)c(N3CCC(N)C3)c2cc1OC. The Morgan fingerprint density at radius 3 is 2.64 bits per heavy atom. The van der Waals surface area contributed by atoms with Gasteiger partial charge in [0, 0.05) is 36.8 Å². The van der Waals surface area contributed by atoms with Gasteiger partial charge in [0.15, 0.2) is 11.5 Å². The van der Waals surface area contributed by atoms with Crippen LogP contribution in [0.4, 0.5) is 5.69 Å². The molecule has 114 valence electrons. The number of benzene rings is 1. The summed E-state index contributed by atoms with van der Waals surface area (Å²) in [6.07, 6.45) is 2.52. The van der Waals surface area contributed by atoms with Crippen LogP contribution in [0, 0.1) is 11.3 Å². The highest BCUT2D eigenvalue weighted by molar-refractivity contribution is 5.96. The number of anilines is 1. The molecule has 1 saturated heterocycles. The quantitative estimate of drug-likeness (QED) is 0.927. The maximum atomic E-state index is 9.43. The third-order valence-electron chi connectivity index (χ3n) is 4.01. The van der Waals surface area contributed by atoms with Gasteiger partial charge in [-0.3, -0.25) is 4.98 Å². The second-order valence-corrected chi connectivity index (χ2v) is 5.35. The summed E-state index contributed by atoms with van der Waals surface area (Å²) in [6, 6.07) is 6.07. The molecule has 1 aliphatic heterocycles. The van der Waals surface area contributed by atoms with E-state index in [1.807, 2.05) is 12.1 Å². The van der Waals surface area contributed by atoms with E-state index in [0.717, 1.165) is 36.1 Å². The van der Waals surface area contributed by atoms with Crippen molar-refractivity contribution >= 4 is 16.6 Å². The van der Waals surface area contributed by atoms with Gasteiger partial charge in [-0.1, -0.05) is 0 Å². The van der Waals surface area contributed by atoms with E-state index < -0.39 is 0 Å². The molecule has 2 N–H and O–H groups in total. The number of pyridine rings is 1. The lowest BCUT2D eigenvalue weighted by Gasteiger charge is -2.22. The van der Waals surface area contributed by atoms with Crippen LogP contribution in [0.3, 0.4) is 0 Å². The van der Waals surface area contributed by atoms with Crippen molar-refractivity contribution in [2.75, 3.05) is 32.2 Å². The molecule has 6 nitrogen and oxygen atoms in total.